The Hall–Kier alpha value is -0.870. The molecule has 3 atom stereocenters. The third kappa shape index (κ3) is 2.91. The van der Waals surface area contributed by atoms with E-state index in [0.29, 0.717) is 11.8 Å². The van der Waals surface area contributed by atoms with E-state index in [1.165, 1.54) is 5.56 Å². The standard InChI is InChI=1S/C16H16BrClN2/c17-12-6-11(7-13(18)8-12)16(20-19)15-9-14(15)10-4-2-1-3-5-10/h1-8,14-16,20H,9,19H2. The minimum Gasteiger partial charge on any atom is -0.271 e. The molecule has 0 bridgehead atoms. The zero-order valence-corrected chi connectivity index (χ0v) is 13.2. The van der Waals surface area contributed by atoms with Crippen LogP contribution in [0, 0.1) is 5.92 Å². The van der Waals surface area contributed by atoms with Gasteiger partial charge >= 0.3 is 0 Å². The molecule has 0 heterocycles. The molecule has 0 saturated heterocycles. The molecule has 104 valence electrons. The third-order valence-corrected chi connectivity index (χ3v) is 4.60. The van der Waals surface area contributed by atoms with E-state index < -0.39 is 0 Å². The van der Waals surface area contributed by atoms with Crippen LogP contribution < -0.4 is 11.3 Å². The smallest absolute Gasteiger partial charge is 0.0495 e. The number of halogens is 2. The van der Waals surface area contributed by atoms with Crippen LogP contribution in [-0.4, -0.2) is 0 Å². The van der Waals surface area contributed by atoms with E-state index in [2.05, 4.69) is 51.7 Å². The minimum atomic E-state index is 0.134. The Balaban J connectivity index is 1.82. The zero-order chi connectivity index (χ0) is 14.1. The van der Waals surface area contributed by atoms with E-state index in [9.17, 15) is 0 Å². The Kier molecular flexibility index (Phi) is 4.13. The van der Waals surface area contributed by atoms with Gasteiger partial charge in [0.25, 0.3) is 0 Å². The van der Waals surface area contributed by atoms with Crippen LogP contribution in [0.15, 0.2) is 53.0 Å². The van der Waals surface area contributed by atoms with E-state index in [-0.39, 0.29) is 6.04 Å². The van der Waals surface area contributed by atoms with Crippen molar-refractivity contribution in [1.82, 2.24) is 5.43 Å². The molecular formula is C16H16BrClN2. The van der Waals surface area contributed by atoms with Gasteiger partial charge in [0, 0.05) is 15.5 Å². The van der Waals surface area contributed by atoms with Gasteiger partial charge in [-0.3, -0.25) is 11.3 Å². The molecule has 0 spiro atoms. The minimum absolute atomic E-state index is 0.134. The van der Waals surface area contributed by atoms with Gasteiger partial charge in [-0.2, -0.15) is 0 Å². The van der Waals surface area contributed by atoms with Crippen molar-refractivity contribution in [3.8, 4) is 0 Å². The molecule has 0 aliphatic heterocycles. The van der Waals surface area contributed by atoms with Gasteiger partial charge in [0.2, 0.25) is 0 Å². The first-order chi connectivity index (χ1) is 9.69. The molecule has 3 rings (SSSR count). The van der Waals surface area contributed by atoms with Crippen molar-refractivity contribution in [3.05, 3.63) is 69.2 Å². The summed E-state index contributed by atoms with van der Waals surface area (Å²) in [4.78, 5) is 0. The predicted molar refractivity (Wildman–Crippen MR) is 86.5 cm³/mol. The van der Waals surface area contributed by atoms with Crippen molar-refractivity contribution >= 4 is 27.5 Å². The number of nitrogens with two attached hydrogens (primary N) is 1. The fraction of sp³-hybridized carbons (Fsp3) is 0.250. The van der Waals surface area contributed by atoms with Crippen molar-refractivity contribution in [3.63, 3.8) is 0 Å². The number of hydrogen-bond donors (Lipinski definition) is 2. The largest absolute Gasteiger partial charge is 0.271 e. The summed E-state index contributed by atoms with van der Waals surface area (Å²) in [7, 11) is 0. The van der Waals surface area contributed by atoms with Gasteiger partial charge < -0.3 is 0 Å². The average Bonchev–Trinajstić information content (AvgIpc) is 3.20. The highest BCUT2D eigenvalue weighted by Crippen LogP contribution is 2.54. The van der Waals surface area contributed by atoms with Crippen molar-refractivity contribution in [2.45, 2.75) is 18.4 Å². The fourth-order valence-electron chi connectivity index (χ4n) is 2.89. The van der Waals surface area contributed by atoms with Gasteiger partial charge in [0.05, 0.1) is 0 Å². The molecule has 2 aromatic rings. The van der Waals surface area contributed by atoms with Crippen molar-refractivity contribution in [2.75, 3.05) is 0 Å². The van der Waals surface area contributed by atoms with Gasteiger partial charge in [0.1, 0.15) is 0 Å². The molecule has 1 aliphatic rings. The molecule has 0 radical (unpaired) electrons. The van der Waals surface area contributed by atoms with E-state index in [1.807, 2.05) is 18.2 Å². The average molecular weight is 352 g/mol. The second kappa shape index (κ2) is 5.86. The number of hydrogen-bond acceptors (Lipinski definition) is 2. The number of hydrazine groups is 1. The van der Waals surface area contributed by atoms with Gasteiger partial charge in [-0.05, 0) is 47.6 Å². The summed E-state index contributed by atoms with van der Waals surface area (Å²) in [5.41, 5.74) is 5.48. The van der Waals surface area contributed by atoms with Crippen LogP contribution in [0.3, 0.4) is 0 Å². The van der Waals surface area contributed by atoms with E-state index in [4.69, 9.17) is 17.4 Å². The zero-order valence-electron chi connectivity index (χ0n) is 10.9. The molecule has 1 aliphatic carbocycles. The monoisotopic (exact) mass is 350 g/mol. The summed E-state index contributed by atoms with van der Waals surface area (Å²) < 4.78 is 0.983. The topological polar surface area (TPSA) is 38.0 Å². The maximum atomic E-state index is 6.13. The predicted octanol–water partition coefficient (Wildman–Crippen LogP) is 4.41. The van der Waals surface area contributed by atoms with Gasteiger partial charge in [-0.25, -0.2) is 0 Å². The second-order valence-electron chi connectivity index (χ2n) is 5.26. The van der Waals surface area contributed by atoms with Crippen molar-refractivity contribution in [2.24, 2.45) is 11.8 Å². The van der Waals surface area contributed by atoms with Crippen LogP contribution in [0.2, 0.25) is 5.02 Å². The SMILES string of the molecule is NNC(c1cc(Cl)cc(Br)c1)C1CC1c1ccccc1. The number of benzene rings is 2. The Labute approximate surface area is 132 Å². The summed E-state index contributed by atoms with van der Waals surface area (Å²) in [6.07, 6.45) is 1.16. The Bertz CT molecular complexity index is 582. The molecule has 3 unspecified atom stereocenters. The molecule has 2 nitrogen and oxygen atoms in total. The Morgan fingerprint density at radius 1 is 1.20 bits per heavy atom. The van der Waals surface area contributed by atoms with Crippen LogP contribution in [-0.2, 0) is 0 Å². The lowest BCUT2D eigenvalue weighted by molar-refractivity contribution is 0.487. The maximum Gasteiger partial charge on any atom is 0.0495 e. The highest BCUT2D eigenvalue weighted by atomic mass is 79.9. The first-order valence-corrected chi connectivity index (χ1v) is 7.83. The molecule has 3 N–H and O–H groups in total. The summed E-state index contributed by atoms with van der Waals surface area (Å²) in [6, 6.07) is 16.7. The molecule has 20 heavy (non-hydrogen) atoms. The van der Waals surface area contributed by atoms with Crippen LogP contribution in [0.5, 0.6) is 0 Å². The molecular weight excluding hydrogens is 336 g/mol. The lowest BCUT2D eigenvalue weighted by Gasteiger charge is -2.17. The summed E-state index contributed by atoms with van der Waals surface area (Å²) in [6.45, 7) is 0. The lowest BCUT2D eigenvalue weighted by atomic mass is 9.99. The quantitative estimate of drug-likeness (QED) is 0.632. The molecule has 1 fully saturated rings. The Morgan fingerprint density at radius 3 is 2.60 bits per heavy atom. The van der Waals surface area contributed by atoms with Crippen LogP contribution in [0.4, 0.5) is 0 Å². The lowest BCUT2D eigenvalue weighted by Crippen LogP contribution is -2.29. The van der Waals surface area contributed by atoms with Gasteiger partial charge in [-0.15, -0.1) is 0 Å². The normalized spacial score (nSPS) is 22.6. The van der Waals surface area contributed by atoms with Crippen LogP contribution >= 0.6 is 27.5 Å². The van der Waals surface area contributed by atoms with Crippen molar-refractivity contribution < 1.29 is 0 Å². The molecule has 2 aromatic carbocycles. The van der Waals surface area contributed by atoms with E-state index in [0.717, 1.165) is 21.5 Å². The highest BCUT2D eigenvalue weighted by Gasteiger charge is 2.44. The second-order valence-corrected chi connectivity index (χ2v) is 6.62. The van der Waals surface area contributed by atoms with E-state index >= 15 is 0 Å². The number of nitrogens with one attached hydrogen (secondary N) is 1. The van der Waals surface area contributed by atoms with E-state index in [1.54, 1.807) is 0 Å². The van der Waals surface area contributed by atoms with Gasteiger partial charge in [-0.1, -0.05) is 57.9 Å². The first kappa shape index (κ1) is 14.1. The van der Waals surface area contributed by atoms with Crippen LogP contribution in [0.1, 0.15) is 29.5 Å². The first-order valence-electron chi connectivity index (χ1n) is 6.66. The highest BCUT2D eigenvalue weighted by molar-refractivity contribution is 9.10. The Morgan fingerprint density at radius 2 is 1.95 bits per heavy atom. The van der Waals surface area contributed by atoms with Gasteiger partial charge in [0.15, 0.2) is 0 Å². The molecule has 4 heteroatoms. The summed E-state index contributed by atoms with van der Waals surface area (Å²) in [5, 5.41) is 0.728. The summed E-state index contributed by atoms with van der Waals surface area (Å²) >= 11 is 9.62. The maximum absolute atomic E-state index is 6.13. The fourth-order valence-corrected chi connectivity index (χ4v) is 3.77. The number of rotatable bonds is 4. The molecule has 1 saturated carbocycles. The molecule has 0 amide bonds. The van der Waals surface area contributed by atoms with Crippen LogP contribution in [0.25, 0.3) is 0 Å². The third-order valence-electron chi connectivity index (χ3n) is 3.92. The van der Waals surface area contributed by atoms with Crippen molar-refractivity contribution in [1.29, 1.82) is 0 Å². The summed E-state index contributed by atoms with van der Waals surface area (Å²) in [5.74, 6) is 6.88. The molecule has 0 aromatic heterocycles.